The molecule has 0 saturated carbocycles. The lowest BCUT2D eigenvalue weighted by Gasteiger charge is -2.34. The van der Waals surface area contributed by atoms with E-state index in [0.717, 1.165) is 31.8 Å². The topological polar surface area (TPSA) is 50.6 Å². The molecule has 174 valence electrons. The van der Waals surface area contributed by atoms with E-state index in [1.165, 1.54) is 27.9 Å². The largest absolute Gasteiger partial charge is 0.471 e. The highest BCUT2D eigenvalue weighted by Gasteiger charge is 2.30. The summed E-state index contributed by atoms with van der Waals surface area (Å²) in [6, 6.07) is 14.5. The molecule has 1 aliphatic heterocycles. The van der Waals surface area contributed by atoms with E-state index in [4.69, 9.17) is 4.74 Å². The van der Waals surface area contributed by atoms with Crippen molar-refractivity contribution in [2.75, 3.05) is 26.2 Å². The molecule has 0 N–H and O–H groups in total. The normalized spacial score (nSPS) is 15.0. The fraction of sp³-hybridized carbons (Fsp3) is 0.333. The van der Waals surface area contributed by atoms with Crippen molar-refractivity contribution < 1.29 is 22.7 Å². The Bertz CT molecular complexity index is 1100. The quantitative estimate of drug-likeness (QED) is 0.556. The van der Waals surface area contributed by atoms with Crippen molar-refractivity contribution in [3.8, 4) is 5.75 Å². The van der Waals surface area contributed by atoms with Gasteiger partial charge in [0.2, 0.25) is 0 Å². The van der Waals surface area contributed by atoms with E-state index in [2.05, 4.69) is 29.1 Å². The van der Waals surface area contributed by atoms with Crippen molar-refractivity contribution >= 4 is 5.91 Å². The Morgan fingerprint density at radius 1 is 1.03 bits per heavy atom. The van der Waals surface area contributed by atoms with Gasteiger partial charge in [-0.15, -0.1) is 0 Å². The lowest BCUT2D eigenvalue weighted by molar-refractivity contribution is -0.137. The Kier molecular flexibility index (Phi) is 6.69. The number of nitrogens with zero attached hydrogens (tertiary/aromatic N) is 4. The number of amides is 1. The molecule has 1 saturated heterocycles. The van der Waals surface area contributed by atoms with Crippen molar-refractivity contribution in [3.05, 3.63) is 83.2 Å². The molecule has 0 unspecified atom stereocenters. The molecule has 2 heterocycles. The van der Waals surface area contributed by atoms with Crippen LogP contribution >= 0.6 is 0 Å². The first-order chi connectivity index (χ1) is 15.8. The van der Waals surface area contributed by atoms with Gasteiger partial charge in [-0.1, -0.05) is 30.3 Å². The Morgan fingerprint density at radius 3 is 2.52 bits per heavy atom. The third-order valence-electron chi connectivity index (χ3n) is 5.70. The maximum Gasteiger partial charge on any atom is 0.416 e. The number of hydrogen-bond donors (Lipinski definition) is 0. The van der Waals surface area contributed by atoms with Gasteiger partial charge >= 0.3 is 6.18 Å². The fourth-order valence-electron chi connectivity index (χ4n) is 3.75. The number of carbonyl (C=O) groups excluding carboxylic acids is 1. The predicted molar refractivity (Wildman–Crippen MR) is 117 cm³/mol. The molecule has 33 heavy (non-hydrogen) atoms. The number of ether oxygens (including phenoxy) is 1. The predicted octanol–water partition coefficient (Wildman–Crippen LogP) is 4.20. The standard InChI is InChI=1S/C24H25F3N4O2/c1-18-5-2-3-6-19(18)16-29-11-13-30(14-12-29)23(32)22-9-10-31(28-22)17-33-21-8-4-7-20(15-21)24(25,26)27/h2-10,15H,11-14,16-17H2,1H3. The molecule has 0 spiro atoms. The maximum atomic E-state index is 12.8. The first-order valence-electron chi connectivity index (χ1n) is 10.7. The average Bonchev–Trinajstić information content (AvgIpc) is 3.28. The second-order valence-electron chi connectivity index (χ2n) is 8.03. The van der Waals surface area contributed by atoms with Gasteiger partial charge < -0.3 is 9.64 Å². The number of alkyl halides is 3. The van der Waals surface area contributed by atoms with Crippen molar-refractivity contribution in [1.29, 1.82) is 0 Å². The van der Waals surface area contributed by atoms with E-state index in [9.17, 15) is 18.0 Å². The van der Waals surface area contributed by atoms with Crippen LogP contribution < -0.4 is 4.74 Å². The van der Waals surface area contributed by atoms with E-state index in [1.807, 2.05) is 12.1 Å². The molecule has 0 atom stereocenters. The number of benzene rings is 2. The number of carbonyl (C=O) groups is 1. The highest BCUT2D eigenvalue weighted by atomic mass is 19.4. The zero-order valence-corrected chi connectivity index (χ0v) is 18.3. The van der Waals surface area contributed by atoms with Gasteiger partial charge in [-0.2, -0.15) is 18.3 Å². The van der Waals surface area contributed by atoms with Gasteiger partial charge in [0.05, 0.1) is 5.56 Å². The third kappa shape index (κ3) is 5.73. The second-order valence-corrected chi connectivity index (χ2v) is 8.03. The summed E-state index contributed by atoms with van der Waals surface area (Å²) in [6.45, 7) is 5.63. The number of rotatable bonds is 6. The first kappa shape index (κ1) is 22.8. The minimum atomic E-state index is -4.44. The minimum absolute atomic E-state index is 0.0815. The van der Waals surface area contributed by atoms with Crippen LogP contribution in [0, 0.1) is 6.92 Å². The number of aryl methyl sites for hydroxylation is 1. The SMILES string of the molecule is Cc1ccccc1CN1CCN(C(=O)c2ccn(COc3cccc(C(F)(F)F)c3)n2)CC1. The molecule has 1 fully saturated rings. The monoisotopic (exact) mass is 458 g/mol. The summed E-state index contributed by atoms with van der Waals surface area (Å²) in [5, 5.41) is 4.23. The summed E-state index contributed by atoms with van der Waals surface area (Å²) in [5.74, 6) is -0.0821. The zero-order chi connectivity index (χ0) is 23.4. The first-order valence-corrected chi connectivity index (χ1v) is 10.7. The molecule has 0 aliphatic carbocycles. The van der Waals surface area contributed by atoms with Crippen LogP contribution in [0.2, 0.25) is 0 Å². The summed E-state index contributed by atoms with van der Waals surface area (Å²) in [6.07, 6.45) is -2.86. The van der Waals surface area contributed by atoms with Crippen LogP contribution in [0.25, 0.3) is 0 Å². The van der Waals surface area contributed by atoms with Crippen molar-refractivity contribution in [2.45, 2.75) is 26.4 Å². The van der Waals surface area contributed by atoms with Gasteiger partial charge in [-0.3, -0.25) is 9.69 Å². The molecule has 0 radical (unpaired) electrons. The number of hydrogen-bond acceptors (Lipinski definition) is 4. The van der Waals surface area contributed by atoms with Gasteiger partial charge in [-0.25, -0.2) is 4.68 Å². The van der Waals surface area contributed by atoms with Crippen LogP contribution in [0.1, 0.15) is 27.2 Å². The summed E-state index contributed by atoms with van der Waals surface area (Å²) in [5.41, 5.74) is 2.05. The van der Waals surface area contributed by atoms with Gasteiger partial charge in [-0.05, 0) is 42.3 Å². The molecular formula is C24H25F3N4O2. The Morgan fingerprint density at radius 2 is 1.79 bits per heavy atom. The van der Waals surface area contributed by atoms with Gasteiger partial charge in [0.25, 0.3) is 5.91 Å². The van der Waals surface area contributed by atoms with Crippen LogP contribution in [0.4, 0.5) is 13.2 Å². The van der Waals surface area contributed by atoms with Crippen LogP contribution in [-0.2, 0) is 19.5 Å². The Balaban J connectivity index is 1.29. The molecule has 3 aromatic rings. The highest BCUT2D eigenvalue weighted by Crippen LogP contribution is 2.31. The van der Waals surface area contributed by atoms with E-state index >= 15 is 0 Å². The van der Waals surface area contributed by atoms with Crippen LogP contribution in [0.15, 0.2) is 60.8 Å². The number of piperazine rings is 1. The number of halogens is 3. The average molecular weight is 458 g/mol. The maximum absolute atomic E-state index is 12.8. The summed E-state index contributed by atoms with van der Waals surface area (Å²) >= 11 is 0. The minimum Gasteiger partial charge on any atom is -0.471 e. The van der Waals surface area contributed by atoms with Crippen LogP contribution in [-0.4, -0.2) is 51.7 Å². The molecule has 0 bridgehead atoms. The lowest BCUT2D eigenvalue weighted by atomic mass is 10.1. The molecule has 4 rings (SSSR count). The molecule has 9 heteroatoms. The van der Waals surface area contributed by atoms with E-state index in [0.29, 0.717) is 13.1 Å². The smallest absolute Gasteiger partial charge is 0.416 e. The van der Waals surface area contributed by atoms with Crippen molar-refractivity contribution in [1.82, 2.24) is 19.6 Å². The molecule has 6 nitrogen and oxygen atoms in total. The van der Waals surface area contributed by atoms with E-state index in [-0.39, 0.29) is 24.1 Å². The van der Waals surface area contributed by atoms with Crippen LogP contribution in [0.5, 0.6) is 5.75 Å². The fourth-order valence-corrected chi connectivity index (χ4v) is 3.75. The van der Waals surface area contributed by atoms with E-state index in [1.54, 1.807) is 17.2 Å². The lowest BCUT2D eigenvalue weighted by Crippen LogP contribution is -2.48. The highest BCUT2D eigenvalue weighted by molar-refractivity contribution is 5.92. The van der Waals surface area contributed by atoms with Crippen molar-refractivity contribution in [2.24, 2.45) is 0 Å². The van der Waals surface area contributed by atoms with Crippen LogP contribution in [0.3, 0.4) is 0 Å². The Labute approximate surface area is 190 Å². The second kappa shape index (κ2) is 9.66. The van der Waals surface area contributed by atoms with Gasteiger partial charge in [0, 0.05) is 38.9 Å². The molecule has 1 amide bonds. The molecular weight excluding hydrogens is 433 g/mol. The van der Waals surface area contributed by atoms with Crippen molar-refractivity contribution in [3.63, 3.8) is 0 Å². The van der Waals surface area contributed by atoms with Gasteiger partial charge in [0.1, 0.15) is 5.75 Å². The summed E-state index contributed by atoms with van der Waals surface area (Å²) in [4.78, 5) is 16.9. The molecule has 2 aromatic carbocycles. The molecule has 1 aromatic heterocycles. The zero-order valence-electron chi connectivity index (χ0n) is 18.3. The third-order valence-corrected chi connectivity index (χ3v) is 5.70. The number of aromatic nitrogens is 2. The molecule has 1 aliphatic rings. The summed E-state index contributed by atoms with van der Waals surface area (Å²) < 4.78 is 45.3. The van der Waals surface area contributed by atoms with E-state index < -0.39 is 11.7 Å². The summed E-state index contributed by atoms with van der Waals surface area (Å²) in [7, 11) is 0. The van der Waals surface area contributed by atoms with Gasteiger partial charge in [0.15, 0.2) is 12.4 Å². The Hall–Kier alpha value is -3.33.